The zero-order valence-electron chi connectivity index (χ0n) is 69.2. The van der Waals surface area contributed by atoms with Gasteiger partial charge >= 0.3 is 607 Å². The number of hydrazine groups is 3. The Hall–Kier alpha value is -5.44. The number of Topliss-reactive ketones (excluding diaryl/α,β-unsaturated/α-hetero) is 1. The zero-order valence-corrected chi connectivity index (χ0v) is 77.2. The SMILES string of the molecule is CO[PH](O)(CN(CC(=O)NCC(=O)c1cc(COc2cc(COc3ccc(C)cc3)cc(OCc3cc(C(=O)NNC(=O)CN(C[PH](O)(OC)OC)C[PH](O)(OC)OC)cc(C(=O)NNC(=O)CN(C[PH](O)(OC)OC)C[PH](O)(OC)OC)c3)c2)cc(C(=O)NNC(=O)CN(C[PH](O)(OC)OC)C[PH](O)(OC)OC)c1)C[PH](O)(OC)OC)OC. The van der Waals surface area contributed by atoms with E-state index in [4.69, 9.17) is 86.6 Å². The molecule has 0 saturated heterocycles. The van der Waals surface area contributed by atoms with Gasteiger partial charge in [-0.25, -0.2) is 0 Å². The second-order valence-corrected chi connectivity index (χ2v) is 46.5. The quantitative estimate of drug-likeness (QED) is 0.0169. The Kier molecular flexibility index (Phi) is 44.9. The summed E-state index contributed by atoms with van der Waals surface area (Å²) in [5.74, 6) is -6.74. The third-order valence-corrected chi connectivity index (χ3v) is 34.6. The Morgan fingerprint density at radius 1 is 0.286 bits per heavy atom. The van der Waals surface area contributed by atoms with Crippen LogP contribution in [0.25, 0.3) is 0 Å². The third kappa shape index (κ3) is 36.0. The normalized spacial score (nSPS) is 13.6. The standard InChI is InChI=1S/C65H119N11O35P8/c1-47-18-20-55(21-19-47)109-38-50-26-56(110-36-48-22-51(58(77)31-66-59(78)32-73(39-112(85,93-2)94-3)40-113(86,95-4)96-5)28-52(23-48)63(82)70-67-60(79)33-74(41-114(87,97-6)98-7)42-115(88,99-8)100-9)30-57(27-50)111-37-49-24-53(64(83)71-68-61(80)34-75(43-116(89,101-10)102-11)44-117(90,103-12)104-13)29-54(25-49)65(84)72-69-62(81)35-76(45-118(91,105-14)106-15)46-119(92,107-16)108-17/h18-30,85-92,112-119H,31-46H2,1-17H3,(H,66,78)(H,67,79)(H,68,80)(H,69,81)(H,70,82)(H,71,83)(H,72,84). The molecule has 54 heteroatoms. The number of ketones is 1. The summed E-state index contributed by atoms with van der Waals surface area (Å²) in [4.78, 5) is 205. The molecule has 0 aliphatic carbocycles. The van der Waals surface area contributed by atoms with Gasteiger partial charge in [-0.1, -0.05) is 17.7 Å². The first-order valence-electron chi connectivity index (χ1n) is 35.5. The van der Waals surface area contributed by atoms with E-state index >= 15 is 0 Å². The molecule has 4 rings (SSSR count). The monoisotopic (exact) mass is 1860 g/mol. The fourth-order valence-electron chi connectivity index (χ4n) is 10.6. The van der Waals surface area contributed by atoms with Gasteiger partial charge in [-0.05, 0) is 36.8 Å². The van der Waals surface area contributed by atoms with E-state index in [1.54, 1.807) is 24.3 Å². The summed E-state index contributed by atoms with van der Waals surface area (Å²) in [7, 11) is -13.0. The molecule has 0 fully saturated rings. The minimum absolute atomic E-state index is 0.0654. The van der Waals surface area contributed by atoms with Crippen LogP contribution in [0.4, 0.5) is 0 Å². The second-order valence-electron chi connectivity index (χ2n) is 26.1. The predicted octanol–water partition coefficient (Wildman–Crippen LogP) is 1.42. The van der Waals surface area contributed by atoms with Crippen LogP contribution < -0.4 is 52.1 Å². The molecule has 0 spiro atoms. The van der Waals surface area contributed by atoms with Crippen LogP contribution in [0.1, 0.15) is 63.7 Å². The average molecular weight is 1860 g/mol. The molecule has 0 radical (unpaired) electrons. The number of rotatable bonds is 55. The van der Waals surface area contributed by atoms with Crippen molar-refractivity contribution in [2.45, 2.75) is 26.7 Å². The van der Waals surface area contributed by atoms with Gasteiger partial charge in [0, 0.05) is 6.07 Å². The van der Waals surface area contributed by atoms with Gasteiger partial charge in [-0.3, -0.25) is 0 Å². The van der Waals surface area contributed by atoms with Crippen molar-refractivity contribution in [1.82, 2.24) is 57.5 Å². The molecule has 0 aliphatic rings. The molecule has 684 valence electrons. The van der Waals surface area contributed by atoms with E-state index in [2.05, 4.69) is 37.9 Å². The molecule has 0 saturated carbocycles. The molecule has 7 amide bonds. The van der Waals surface area contributed by atoms with Crippen LogP contribution in [0.5, 0.6) is 17.2 Å². The molecule has 0 heterocycles. The van der Waals surface area contributed by atoms with Crippen LogP contribution in [0, 0.1) is 6.92 Å². The molecule has 0 aliphatic heterocycles. The summed E-state index contributed by atoms with van der Waals surface area (Å²) in [6.45, 7) is -2.28. The van der Waals surface area contributed by atoms with Crippen LogP contribution in [-0.4, -0.2) is 303 Å². The molecule has 46 nitrogen and oxygen atoms in total. The Balaban J connectivity index is 1.83. The molecule has 15 N–H and O–H groups in total. The van der Waals surface area contributed by atoms with Crippen molar-refractivity contribution in [2.24, 2.45) is 0 Å². The molecule has 119 heavy (non-hydrogen) atoms. The van der Waals surface area contributed by atoms with E-state index in [-0.39, 0.29) is 51.5 Å². The summed E-state index contributed by atoms with van der Waals surface area (Å²) in [5, 5.41) is 2.50. The summed E-state index contributed by atoms with van der Waals surface area (Å²) in [6.07, 6.45) is -3.34. The molecule has 0 atom stereocenters. The van der Waals surface area contributed by atoms with E-state index in [0.29, 0.717) is 11.3 Å². The van der Waals surface area contributed by atoms with E-state index in [9.17, 15) is 77.5 Å². The van der Waals surface area contributed by atoms with E-state index in [1.807, 2.05) is 19.1 Å². The van der Waals surface area contributed by atoms with Crippen molar-refractivity contribution in [1.29, 1.82) is 0 Å². The Morgan fingerprint density at radius 3 is 0.773 bits per heavy atom. The summed E-state index contributed by atoms with van der Waals surface area (Å²) < 4.78 is 102. The first-order valence-corrected chi connectivity index (χ1v) is 51.3. The summed E-state index contributed by atoms with van der Waals surface area (Å²) in [5.41, 5.74) is 14.2. The molecule has 0 aromatic heterocycles. The first kappa shape index (κ1) is 106. The third-order valence-electron chi connectivity index (χ3n) is 17.6. The van der Waals surface area contributed by atoms with Crippen LogP contribution in [0.15, 0.2) is 78.9 Å². The molecular weight excluding hydrogens is 1740 g/mol. The van der Waals surface area contributed by atoms with Crippen molar-refractivity contribution in [3.63, 3.8) is 0 Å². The van der Waals surface area contributed by atoms with Gasteiger partial charge in [0.15, 0.2) is 0 Å². The topological polar surface area (TPSA) is 571 Å². The maximum absolute atomic E-state index is 14.3. The van der Waals surface area contributed by atoms with Crippen LogP contribution in [0.3, 0.4) is 0 Å². The van der Waals surface area contributed by atoms with Crippen LogP contribution in [0.2, 0.25) is 0 Å². The average Bonchev–Trinajstić information content (AvgIpc) is 0.824. The minimum atomic E-state index is -4.00. The molecule has 4 aromatic rings. The molecular formula is C65H119N11O35P8. The van der Waals surface area contributed by atoms with Gasteiger partial charge in [0.25, 0.3) is 0 Å². The van der Waals surface area contributed by atoms with Crippen molar-refractivity contribution in [3.05, 3.63) is 123 Å². The van der Waals surface area contributed by atoms with Crippen molar-refractivity contribution >= 4 is 111 Å². The Bertz CT molecular complexity index is 3450. The van der Waals surface area contributed by atoms with E-state index in [0.717, 1.165) is 17.7 Å². The maximum atomic E-state index is 14.3. The number of ether oxygens (including phenoxy) is 3. The van der Waals surface area contributed by atoms with Crippen molar-refractivity contribution in [2.75, 3.05) is 197 Å². The van der Waals surface area contributed by atoms with Gasteiger partial charge in [0.05, 0.1) is 0 Å². The summed E-state index contributed by atoms with van der Waals surface area (Å²) >= 11 is 0. The fourth-order valence-corrected chi connectivity index (χ4v) is 21.2. The predicted molar refractivity (Wildman–Crippen MR) is 450 cm³/mol. The van der Waals surface area contributed by atoms with Gasteiger partial charge in [0.1, 0.15) is 23.9 Å². The Labute approximate surface area is 693 Å². The van der Waals surface area contributed by atoms with E-state index < -0.39 is 207 Å². The number of nitrogens with zero attached hydrogens (tertiary/aromatic N) is 4. The number of amides is 7. The first-order chi connectivity index (χ1) is 56.1. The molecule has 0 unspecified atom stereocenters. The van der Waals surface area contributed by atoms with Gasteiger partial charge in [-0.15, -0.1) is 0 Å². The fraction of sp³-hybridized carbons (Fsp3) is 0.508. The molecule has 4 aromatic carbocycles. The number of hydrogen-bond acceptors (Lipinski definition) is 39. The van der Waals surface area contributed by atoms with Gasteiger partial charge < -0.3 is 4.74 Å². The van der Waals surface area contributed by atoms with Gasteiger partial charge in [0.2, 0.25) is 0 Å². The number of carbonyl (C=O) groups excluding carboxylic acids is 8. The van der Waals surface area contributed by atoms with Crippen molar-refractivity contribution < 1.29 is 164 Å². The number of carbonyl (C=O) groups is 8. The summed E-state index contributed by atoms with van der Waals surface area (Å²) in [6, 6.07) is 19.2. The number of benzene rings is 4. The Morgan fingerprint density at radius 2 is 0.513 bits per heavy atom. The number of nitrogens with one attached hydrogen (secondary N) is 7. The van der Waals surface area contributed by atoms with E-state index in [1.165, 1.54) is 164 Å². The number of hydrogen-bond donors (Lipinski definition) is 15. The van der Waals surface area contributed by atoms with Crippen molar-refractivity contribution in [3.8, 4) is 17.2 Å². The van der Waals surface area contributed by atoms with Gasteiger partial charge in [-0.2, -0.15) is 0 Å². The van der Waals surface area contributed by atoms with Crippen LogP contribution >= 0.6 is 63.5 Å². The number of aryl methyl sites for hydroxylation is 1. The molecule has 0 bridgehead atoms. The van der Waals surface area contributed by atoms with Crippen LogP contribution in [-0.2, 0) is 111 Å². The second kappa shape index (κ2) is 50.5. The zero-order chi connectivity index (χ0) is 89.2.